The Morgan fingerprint density at radius 3 is 2.92 bits per heavy atom. The van der Waals surface area contributed by atoms with Gasteiger partial charge >= 0.3 is 0 Å². The number of hydrogen-bond donors (Lipinski definition) is 1. The summed E-state index contributed by atoms with van der Waals surface area (Å²) in [5.74, 6) is 1.14. The third-order valence-electron chi connectivity index (χ3n) is 5.69. The van der Waals surface area contributed by atoms with E-state index in [0.29, 0.717) is 18.3 Å². The Labute approximate surface area is 156 Å². The highest BCUT2D eigenvalue weighted by Gasteiger charge is 2.31. The second-order valence-electron chi connectivity index (χ2n) is 7.51. The molecule has 2 heterocycles. The Balaban J connectivity index is 0.00000225. The number of nitrogens with one attached hydrogen (secondary N) is 1. The number of nitrogens with zero attached hydrogens (tertiary/aromatic N) is 1. The molecule has 1 aromatic carbocycles. The number of hydrogen-bond acceptors (Lipinski definition) is 2. The van der Waals surface area contributed by atoms with Gasteiger partial charge in [-0.25, -0.2) is 4.39 Å². The third kappa shape index (κ3) is 5.42. The van der Waals surface area contributed by atoms with Crippen LogP contribution >= 0.6 is 12.4 Å². The Morgan fingerprint density at radius 1 is 1.36 bits per heavy atom. The van der Waals surface area contributed by atoms with Gasteiger partial charge in [0.1, 0.15) is 5.82 Å². The lowest BCUT2D eigenvalue weighted by Gasteiger charge is -2.31. The topological polar surface area (TPSA) is 32.3 Å². The van der Waals surface area contributed by atoms with Crippen molar-refractivity contribution in [3.05, 3.63) is 35.6 Å². The summed E-state index contributed by atoms with van der Waals surface area (Å²) >= 11 is 0. The zero-order valence-corrected chi connectivity index (χ0v) is 15.9. The molecule has 0 aliphatic carbocycles. The number of halogens is 2. The second-order valence-corrected chi connectivity index (χ2v) is 7.51. The van der Waals surface area contributed by atoms with E-state index in [0.717, 1.165) is 44.5 Å². The van der Waals surface area contributed by atoms with Crippen LogP contribution in [-0.2, 0) is 11.2 Å². The molecule has 2 aliphatic rings. The van der Waals surface area contributed by atoms with Crippen molar-refractivity contribution < 1.29 is 9.18 Å². The van der Waals surface area contributed by atoms with E-state index >= 15 is 0 Å². The zero-order chi connectivity index (χ0) is 16.9. The van der Waals surface area contributed by atoms with Crippen LogP contribution < -0.4 is 5.32 Å². The summed E-state index contributed by atoms with van der Waals surface area (Å²) in [4.78, 5) is 14.9. The van der Waals surface area contributed by atoms with Gasteiger partial charge in [0.2, 0.25) is 5.91 Å². The molecule has 3 unspecified atom stereocenters. The van der Waals surface area contributed by atoms with Crippen molar-refractivity contribution in [2.45, 2.75) is 51.5 Å². The molecule has 0 aromatic heterocycles. The molecule has 2 aliphatic heterocycles. The highest BCUT2D eigenvalue weighted by atomic mass is 35.5. The number of rotatable bonds is 5. The summed E-state index contributed by atoms with van der Waals surface area (Å²) in [5, 5.41) is 3.44. The summed E-state index contributed by atoms with van der Waals surface area (Å²) in [6.07, 6.45) is 5.95. The minimum Gasteiger partial charge on any atom is -0.339 e. The van der Waals surface area contributed by atoms with E-state index in [1.807, 2.05) is 6.07 Å². The van der Waals surface area contributed by atoms with E-state index in [1.54, 1.807) is 12.1 Å². The molecule has 3 atom stereocenters. The fourth-order valence-corrected chi connectivity index (χ4v) is 4.24. The largest absolute Gasteiger partial charge is 0.339 e. The zero-order valence-electron chi connectivity index (χ0n) is 15.0. The lowest BCUT2D eigenvalue weighted by Crippen LogP contribution is -2.40. The Hall–Kier alpha value is -1.13. The highest BCUT2D eigenvalue weighted by Crippen LogP contribution is 2.27. The molecular formula is C20H30ClFN2O. The van der Waals surface area contributed by atoms with E-state index in [2.05, 4.69) is 17.1 Å². The average molecular weight is 369 g/mol. The first-order valence-electron chi connectivity index (χ1n) is 9.38. The molecule has 1 amide bonds. The minimum atomic E-state index is -0.193. The summed E-state index contributed by atoms with van der Waals surface area (Å²) in [6, 6.07) is 7.01. The molecule has 1 aromatic rings. The molecule has 2 saturated heterocycles. The van der Waals surface area contributed by atoms with Gasteiger partial charge in [0.25, 0.3) is 0 Å². The average Bonchev–Trinajstić information content (AvgIpc) is 3.04. The van der Waals surface area contributed by atoms with Crippen LogP contribution in [0.3, 0.4) is 0 Å². The molecule has 25 heavy (non-hydrogen) atoms. The van der Waals surface area contributed by atoms with Crippen molar-refractivity contribution in [1.82, 2.24) is 10.2 Å². The SMILES string of the molecule is CC(CC(=O)N1CCCC1Cc1cccc(F)c1)C1CCCNC1.Cl. The Kier molecular flexibility index (Phi) is 7.70. The maximum absolute atomic E-state index is 13.4. The maximum atomic E-state index is 13.4. The number of amides is 1. The van der Waals surface area contributed by atoms with Crippen LogP contribution in [0, 0.1) is 17.7 Å². The monoisotopic (exact) mass is 368 g/mol. The Morgan fingerprint density at radius 2 is 2.20 bits per heavy atom. The summed E-state index contributed by atoms with van der Waals surface area (Å²) in [7, 11) is 0. The lowest BCUT2D eigenvalue weighted by molar-refractivity contribution is -0.133. The first kappa shape index (κ1) is 20.2. The van der Waals surface area contributed by atoms with Gasteiger partial charge < -0.3 is 10.2 Å². The first-order chi connectivity index (χ1) is 11.6. The van der Waals surface area contributed by atoms with Gasteiger partial charge in [-0.1, -0.05) is 19.1 Å². The van der Waals surface area contributed by atoms with Crippen molar-refractivity contribution >= 4 is 18.3 Å². The summed E-state index contributed by atoms with van der Waals surface area (Å²) in [6.45, 7) is 5.22. The van der Waals surface area contributed by atoms with Gasteiger partial charge in [0.05, 0.1) is 0 Å². The van der Waals surface area contributed by atoms with Crippen LogP contribution in [0.4, 0.5) is 4.39 Å². The maximum Gasteiger partial charge on any atom is 0.223 e. The van der Waals surface area contributed by atoms with Gasteiger partial charge in [-0.3, -0.25) is 4.79 Å². The standard InChI is InChI=1S/C20H29FN2O.ClH/c1-15(17-6-3-9-22-14-17)11-20(24)23-10-4-8-19(23)13-16-5-2-7-18(21)12-16;/h2,5,7,12,15,17,19,22H,3-4,6,8-11,13-14H2,1H3;1H. The summed E-state index contributed by atoms with van der Waals surface area (Å²) in [5.41, 5.74) is 0.990. The lowest BCUT2D eigenvalue weighted by atomic mass is 9.85. The van der Waals surface area contributed by atoms with Crippen molar-refractivity contribution in [2.24, 2.45) is 11.8 Å². The van der Waals surface area contributed by atoms with Gasteiger partial charge in [-0.05, 0) is 74.7 Å². The molecular weight excluding hydrogens is 339 g/mol. The van der Waals surface area contributed by atoms with E-state index in [4.69, 9.17) is 0 Å². The predicted molar refractivity (Wildman–Crippen MR) is 101 cm³/mol. The Bertz CT molecular complexity index is 562. The molecule has 1 N–H and O–H groups in total. The van der Waals surface area contributed by atoms with E-state index in [9.17, 15) is 9.18 Å². The normalized spacial score (nSPS) is 24.6. The summed E-state index contributed by atoms with van der Waals surface area (Å²) < 4.78 is 13.4. The second kappa shape index (κ2) is 9.54. The molecule has 0 saturated carbocycles. The number of likely N-dealkylation sites (tertiary alicyclic amines) is 1. The van der Waals surface area contributed by atoms with Crippen LogP contribution in [0.2, 0.25) is 0 Å². The first-order valence-corrected chi connectivity index (χ1v) is 9.38. The number of carbonyl (C=O) groups is 1. The van der Waals surface area contributed by atoms with E-state index in [-0.39, 0.29) is 30.2 Å². The molecule has 0 spiro atoms. The fourth-order valence-electron chi connectivity index (χ4n) is 4.24. The molecule has 0 radical (unpaired) electrons. The predicted octanol–water partition coefficient (Wildman–Crippen LogP) is 3.81. The molecule has 3 rings (SSSR count). The molecule has 5 heteroatoms. The smallest absolute Gasteiger partial charge is 0.223 e. The van der Waals surface area contributed by atoms with Gasteiger partial charge in [-0.15, -0.1) is 12.4 Å². The molecule has 3 nitrogen and oxygen atoms in total. The molecule has 2 fully saturated rings. The molecule has 0 bridgehead atoms. The van der Waals surface area contributed by atoms with Gasteiger partial charge in [-0.2, -0.15) is 0 Å². The van der Waals surface area contributed by atoms with Crippen LogP contribution in [0.5, 0.6) is 0 Å². The van der Waals surface area contributed by atoms with Crippen LogP contribution in [0.25, 0.3) is 0 Å². The van der Waals surface area contributed by atoms with Crippen molar-refractivity contribution in [1.29, 1.82) is 0 Å². The van der Waals surface area contributed by atoms with Gasteiger partial charge in [0, 0.05) is 19.0 Å². The van der Waals surface area contributed by atoms with Crippen LogP contribution in [0.15, 0.2) is 24.3 Å². The van der Waals surface area contributed by atoms with Crippen molar-refractivity contribution in [3.8, 4) is 0 Å². The molecule has 140 valence electrons. The highest BCUT2D eigenvalue weighted by molar-refractivity contribution is 5.85. The number of piperidine rings is 1. The van der Waals surface area contributed by atoms with Crippen molar-refractivity contribution in [2.75, 3.05) is 19.6 Å². The number of carbonyl (C=O) groups excluding carboxylic acids is 1. The van der Waals surface area contributed by atoms with Gasteiger partial charge in [0.15, 0.2) is 0 Å². The minimum absolute atomic E-state index is 0. The van der Waals surface area contributed by atoms with Crippen LogP contribution in [-0.4, -0.2) is 36.5 Å². The number of benzene rings is 1. The van der Waals surface area contributed by atoms with Crippen molar-refractivity contribution in [3.63, 3.8) is 0 Å². The van der Waals surface area contributed by atoms with E-state index in [1.165, 1.54) is 18.9 Å². The third-order valence-corrected chi connectivity index (χ3v) is 5.69. The quantitative estimate of drug-likeness (QED) is 0.857. The van der Waals surface area contributed by atoms with Crippen LogP contribution in [0.1, 0.15) is 44.6 Å². The fraction of sp³-hybridized carbons (Fsp3) is 0.650. The van der Waals surface area contributed by atoms with E-state index < -0.39 is 0 Å².